The highest BCUT2D eigenvalue weighted by Gasteiger charge is 2.46. The van der Waals surface area contributed by atoms with Crippen LogP contribution in [0.4, 0.5) is 0 Å². The maximum absolute atomic E-state index is 4.70. The normalized spacial score (nSPS) is 37.5. The second kappa shape index (κ2) is 4.59. The van der Waals surface area contributed by atoms with E-state index in [9.17, 15) is 0 Å². The Morgan fingerprint density at radius 3 is 2.95 bits per heavy atom. The van der Waals surface area contributed by atoms with Gasteiger partial charge in [0.25, 0.3) is 0 Å². The second-order valence-electron chi connectivity index (χ2n) is 6.85. The third kappa shape index (κ3) is 1.84. The van der Waals surface area contributed by atoms with Crippen molar-refractivity contribution in [2.45, 2.75) is 50.5 Å². The van der Waals surface area contributed by atoms with Crippen LogP contribution in [0.2, 0.25) is 0 Å². The van der Waals surface area contributed by atoms with Gasteiger partial charge < -0.3 is 5.32 Å². The quantitative estimate of drug-likeness (QED) is 0.898. The fourth-order valence-corrected chi connectivity index (χ4v) is 5.24. The lowest BCUT2D eigenvalue weighted by Gasteiger charge is -2.34. The van der Waals surface area contributed by atoms with E-state index in [0.29, 0.717) is 12.0 Å². The molecule has 1 heterocycles. The smallest absolute Gasteiger partial charge is 0.0482 e. The van der Waals surface area contributed by atoms with Gasteiger partial charge in [0.2, 0.25) is 0 Å². The van der Waals surface area contributed by atoms with E-state index < -0.39 is 0 Å². The first-order valence-electron chi connectivity index (χ1n) is 7.98. The Morgan fingerprint density at radius 1 is 1.26 bits per heavy atom. The first-order chi connectivity index (χ1) is 9.36. The van der Waals surface area contributed by atoms with E-state index in [4.69, 9.17) is 4.98 Å². The Bertz CT molecular complexity index is 470. The molecule has 19 heavy (non-hydrogen) atoms. The van der Waals surface area contributed by atoms with E-state index in [2.05, 4.69) is 24.5 Å². The van der Waals surface area contributed by atoms with Gasteiger partial charge in [0.1, 0.15) is 0 Å². The topological polar surface area (TPSA) is 24.9 Å². The molecule has 0 amide bonds. The Kier molecular flexibility index (Phi) is 2.87. The van der Waals surface area contributed by atoms with E-state index in [1.54, 1.807) is 0 Å². The Labute approximate surface area is 116 Å². The maximum Gasteiger partial charge on any atom is 0.0482 e. The number of nitrogens with one attached hydrogen (secondary N) is 1. The van der Waals surface area contributed by atoms with Crippen LogP contribution in [0.15, 0.2) is 18.3 Å². The first-order valence-corrected chi connectivity index (χ1v) is 7.98. The predicted molar refractivity (Wildman–Crippen MR) is 77.1 cm³/mol. The summed E-state index contributed by atoms with van der Waals surface area (Å²) in [7, 11) is 2.16. The predicted octanol–water partition coefficient (Wildman–Crippen LogP) is 3.14. The molecule has 0 saturated heterocycles. The van der Waals surface area contributed by atoms with Crippen LogP contribution in [0.3, 0.4) is 0 Å². The number of aryl methyl sites for hydroxylation is 1. The molecule has 1 aromatic heterocycles. The number of fused-ring (bicyclic) bond motifs is 3. The van der Waals surface area contributed by atoms with Crippen LogP contribution >= 0.6 is 0 Å². The number of aromatic nitrogens is 1. The number of pyridine rings is 1. The zero-order chi connectivity index (χ0) is 12.8. The number of rotatable bonds is 3. The minimum absolute atomic E-state index is 0.658. The first kappa shape index (κ1) is 11.9. The van der Waals surface area contributed by atoms with Crippen LogP contribution in [0.25, 0.3) is 0 Å². The van der Waals surface area contributed by atoms with Crippen molar-refractivity contribution in [1.29, 1.82) is 0 Å². The molecule has 5 atom stereocenters. The summed E-state index contributed by atoms with van der Waals surface area (Å²) in [6, 6.07) is 5.02. The standard InChI is InChI=1S/C17H24N2/c1-18-17(15-10-11-4-5-13(15)9-11)14-7-6-12-3-2-8-19-16(12)14/h2-3,8,11,13-15,17-18H,4-7,9-10H2,1H3. The molecule has 4 rings (SSSR count). The third-order valence-electron chi connectivity index (χ3n) is 6.02. The zero-order valence-corrected chi connectivity index (χ0v) is 11.8. The molecule has 3 aliphatic rings. The highest BCUT2D eigenvalue weighted by Crippen LogP contribution is 2.52. The van der Waals surface area contributed by atoms with Gasteiger partial charge in [-0.25, -0.2) is 0 Å². The van der Waals surface area contributed by atoms with Crippen molar-refractivity contribution >= 4 is 0 Å². The van der Waals surface area contributed by atoms with Crippen molar-refractivity contribution in [3.8, 4) is 0 Å². The molecule has 2 heteroatoms. The molecular weight excluding hydrogens is 232 g/mol. The third-order valence-corrected chi connectivity index (χ3v) is 6.02. The van der Waals surface area contributed by atoms with Crippen molar-refractivity contribution in [2.24, 2.45) is 17.8 Å². The van der Waals surface area contributed by atoms with Gasteiger partial charge in [-0.2, -0.15) is 0 Å². The van der Waals surface area contributed by atoms with Gasteiger partial charge in [0.15, 0.2) is 0 Å². The highest BCUT2D eigenvalue weighted by molar-refractivity contribution is 5.30. The molecule has 3 aliphatic carbocycles. The summed E-state index contributed by atoms with van der Waals surface area (Å²) in [5, 5.41) is 3.67. The van der Waals surface area contributed by atoms with Gasteiger partial charge in [-0.3, -0.25) is 4.98 Å². The lowest BCUT2D eigenvalue weighted by molar-refractivity contribution is 0.227. The highest BCUT2D eigenvalue weighted by atomic mass is 14.9. The molecule has 2 fully saturated rings. The van der Waals surface area contributed by atoms with Crippen LogP contribution in [-0.2, 0) is 6.42 Å². The fourth-order valence-electron chi connectivity index (χ4n) is 5.24. The molecular formula is C17H24N2. The molecule has 0 aliphatic heterocycles. The van der Waals surface area contributed by atoms with Crippen LogP contribution in [-0.4, -0.2) is 18.1 Å². The van der Waals surface area contributed by atoms with Crippen molar-refractivity contribution in [2.75, 3.05) is 7.05 Å². The molecule has 102 valence electrons. The maximum atomic E-state index is 4.70. The lowest BCUT2D eigenvalue weighted by atomic mass is 9.77. The Hall–Kier alpha value is -0.890. The monoisotopic (exact) mass is 256 g/mol. The zero-order valence-electron chi connectivity index (χ0n) is 11.8. The molecule has 0 radical (unpaired) electrons. The number of hydrogen-bond acceptors (Lipinski definition) is 2. The van der Waals surface area contributed by atoms with E-state index in [1.807, 2.05) is 6.20 Å². The average Bonchev–Trinajstić information content (AvgIpc) is 3.15. The van der Waals surface area contributed by atoms with Crippen molar-refractivity contribution in [3.05, 3.63) is 29.6 Å². The van der Waals surface area contributed by atoms with Gasteiger partial charge in [-0.05, 0) is 68.5 Å². The Balaban J connectivity index is 1.60. The van der Waals surface area contributed by atoms with Gasteiger partial charge in [-0.1, -0.05) is 12.5 Å². The van der Waals surface area contributed by atoms with Crippen molar-refractivity contribution < 1.29 is 0 Å². The van der Waals surface area contributed by atoms with E-state index >= 15 is 0 Å². The van der Waals surface area contributed by atoms with Crippen LogP contribution in [0.1, 0.15) is 49.3 Å². The summed E-state index contributed by atoms with van der Waals surface area (Å²) in [6.07, 6.45) is 10.5. The minimum atomic E-state index is 0.658. The summed E-state index contributed by atoms with van der Waals surface area (Å²) < 4.78 is 0. The molecule has 1 aromatic rings. The average molecular weight is 256 g/mol. The van der Waals surface area contributed by atoms with Gasteiger partial charge >= 0.3 is 0 Å². The molecule has 2 nitrogen and oxygen atoms in total. The molecule has 1 N–H and O–H groups in total. The molecule has 0 aromatic carbocycles. The SMILES string of the molecule is CNC(C1CCc2cccnc21)C1CC2CCC1C2. The van der Waals surface area contributed by atoms with E-state index in [1.165, 1.54) is 49.8 Å². The van der Waals surface area contributed by atoms with Gasteiger partial charge in [0, 0.05) is 23.9 Å². The van der Waals surface area contributed by atoms with Crippen molar-refractivity contribution in [3.63, 3.8) is 0 Å². The van der Waals surface area contributed by atoms with E-state index in [-0.39, 0.29) is 0 Å². The van der Waals surface area contributed by atoms with Gasteiger partial charge in [-0.15, -0.1) is 0 Å². The van der Waals surface area contributed by atoms with E-state index in [0.717, 1.165) is 17.8 Å². The molecule has 0 spiro atoms. The number of nitrogens with zero attached hydrogens (tertiary/aromatic N) is 1. The summed E-state index contributed by atoms with van der Waals surface area (Å²) >= 11 is 0. The van der Waals surface area contributed by atoms with Crippen LogP contribution in [0.5, 0.6) is 0 Å². The summed E-state index contributed by atoms with van der Waals surface area (Å²) in [4.78, 5) is 4.70. The van der Waals surface area contributed by atoms with Crippen molar-refractivity contribution in [1.82, 2.24) is 10.3 Å². The lowest BCUT2D eigenvalue weighted by Crippen LogP contribution is -2.41. The largest absolute Gasteiger partial charge is 0.316 e. The summed E-state index contributed by atoms with van der Waals surface area (Å²) in [6.45, 7) is 0. The molecule has 5 unspecified atom stereocenters. The second-order valence-corrected chi connectivity index (χ2v) is 6.85. The number of hydrogen-bond donors (Lipinski definition) is 1. The van der Waals surface area contributed by atoms with Crippen LogP contribution in [0, 0.1) is 17.8 Å². The fraction of sp³-hybridized carbons (Fsp3) is 0.706. The number of likely N-dealkylation sites (N-methyl/N-ethyl adjacent to an activating group) is 1. The minimum Gasteiger partial charge on any atom is -0.316 e. The molecule has 2 saturated carbocycles. The summed E-state index contributed by atoms with van der Waals surface area (Å²) in [5.41, 5.74) is 2.89. The van der Waals surface area contributed by atoms with Gasteiger partial charge in [0.05, 0.1) is 0 Å². The summed E-state index contributed by atoms with van der Waals surface area (Å²) in [5.74, 6) is 3.60. The molecule has 2 bridgehead atoms. The van der Waals surface area contributed by atoms with Crippen LogP contribution < -0.4 is 5.32 Å². The Morgan fingerprint density at radius 2 is 2.21 bits per heavy atom.